The second-order valence-corrected chi connectivity index (χ2v) is 5.82. The van der Waals surface area contributed by atoms with Gasteiger partial charge >= 0.3 is 6.18 Å². The number of rotatable bonds is 4. The number of nitrogens with one attached hydrogen (secondary N) is 1. The SMILES string of the molecule is C[C@@](O)(C(=O)Nc1cc(C(=O)c2ccccc2)ccc1Cl)C(F)(F)F. The van der Waals surface area contributed by atoms with Crippen molar-refractivity contribution in [2.75, 3.05) is 5.32 Å². The Kier molecular flexibility index (Phi) is 5.20. The van der Waals surface area contributed by atoms with Crippen LogP contribution in [-0.2, 0) is 4.79 Å². The molecular weight excluding hydrogens is 359 g/mol. The molecule has 0 bridgehead atoms. The fourth-order valence-corrected chi connectivity index (χ4v) is 2.06. The molecule has 0 aromatic heterocycles. The largest absolute Gasteiger partial charge is 0.426 e. The number of amides is 1. The van der Waals surface area contributed by atoms with Gasteiger partial charge in [0.05, 0.1) is 10.7 Å². The lowest BCUT2D eigenvalue weighted by molar-refractivity contribution is -0.242. The van der Waals surface area contributed by atoms with Crippen molar-refractivity contribution in [1.82, 2.24) is 0 Å². The Hall–Kier alpha value is -2.38. The van der Waals surface area contributed by atoms with E-state index in [0.717, 1.165) is 6.07 Å². The van der Waals surface area contributed by atoms with Crippen molar-refractivity contribution >= 4 is 29.0 Å². The molecule has 0 radical (unpaired) electrons. The van der Waals surface area contributed by atoms with Crippen molar-refractivity contribution in [3.63, 3.8) is 0 Å². The highest BCUT2D eigenvalue weighted by molar-refractivity contribution is 6.34. The standard InChI is InChI=1S/C17H13ClF3NO3/c1-16(25,17(19,20)21)15(24)22-13-9-11(7-8-12(13)18)14(23)10-5-3-2-4-6-10/h2-9,25H,1H3,(H,22,24)/t16-/m1/s1. The van der Waals surface area contributed by atoms with Crippen LogP contribution < -0.4 is 5.32 Å². The third-order valence-corrected chi connectivity index (χ3v) is 3.84. The predicted octanol–water partition coefficient (Wildman–Crippen LogP) is 3.82. The molecule has 2 rings (SSSR count). The molecule has 0 fully saturated rings. The molecule has 0 spiro atoms. The average molecular weight is 372 g/mol. The van der Waals surface area contributed by atoms with Crippen molar-refractivity contribution in [1.29, 1.82) is 0 Å². The van der Waals surface area contributed by atoms with E-state index in [1.54, 1.807) is 30.3 Å². The minimum atomic E-state index is -5.17. The molecule has 2 aromatic carbocycles. The summed E-state index contributed by atoms with van der Waals surface area (Å²) in [7, 11) is 0. The molecule has 0 aliphatic rings. The van der Waals surface area contributed by atoms with Gasteiger partial charge < -0.3 is 10.4 Å². The van der Waals surface area contributed by atoms with E-state index in [0.29, 0.717) is 12.5 Å². The summed E-state index contributed by atoms with van der Waals surface area (Å²) in [5.41, 5.74) is -3.32. The number of carbonyl (C=O) groups is 2. The van der Waals surface area contributed by atoms with Gasteiger partial charge in [-0.2, -0.15) is 13.2 Å². The van der Waals surface area contributed by atoms with Gasteiger partial charge in [-0.1, -0.05) is 41.9 Å². The number of hydrogen-bond acceptors (Lipinski definition) is 3. The molecule has 0 unspecified atom stereocenters. The van der Waals surface area contributed by atoms with Crippen LogP contribution in [0.4, 0.5) is 18.9 Å². The molecule has 2 N–H and O–H groups in total. The zero-order chi connectivity index (χ0) is 18.8. The Balaban J connectivity index is 2.31. The van der Waals surface area contributed by atoms with Gasteiger partial charge in [0.25, 0.3) is 5.91 Å². The molecule has 1 atom stereocenters. The summed E-state index contributed by atoms with van der Waals surface area (Å²) in [6, 6.07) is 12.0. The summed E-state index contributed by atoms with van der Waals surface area (Å²) in [5.74, 6) is -2.10. The maximum atomic E-state index is 12.7. The first-order valence-corrected chi connectivity index (χ1v) is 7.41. The molecule has 0 heterocycles. The predicted molar refractivity (Wildman–Crippen MR) is 86.6 cm³/mol. The molecule has 0 saturated carbocycles. The van der Waals surface area contributed by atoms with Gasteiger partial charge in [-0.05, 0) is 25.1 Å². The van der Waals surface area contributed by atoms with Gasteiger partial charge in [0.2, 0.25) is 5.60 Å². The highest BCUT2D eigenvalue weighted by Gasteiger charge is 2.55. The number of alkyl halides is 3. The average Bonchev–Trinajstić information content (AvgIpc) is 2.55. The number of halogens is 4. The number of carbonyl (C=O) groups excluding carboxylic acids is 2. The fraction of sp³-hybridized carbons (Fsp3) is 0.176. The normalized spacial score (nSPS) is 13.8. The highest BCUT2D eigenvalue weighted by atomic mass is 35.5. The van der Waals surface area contributed by atoms with E-state index < -0.39 is 23.5 Å². The summed E-state index contributed by atoms with van der Waals surface area (Å²) in [5, 5.41) is 11.2. The Morgan fingerprint density at radius 3 is 2.20 bits per heavy atom. The number of ketones is 1. The van der Waals surface area contributed by atoms with Gasteiger partial charge in [0.1, 0.15) is 0 Å². The quantitative estimate of drug-likeness (QED) is 0.803. The number of aliphatic hydroxyl groups is 1. The second kappa shape index (κ2) is 6.85. The molecule has 0 aliphatic heterocycles. The second-order valence-electron chi connectivity index (χ2n) is 5.41. The Morgan fingerprint density at radius 2 is 1.64 bits per heavy atom. The minimum absolute atomic E-state index is 0.0732. The molecular formula is C17H13ClF3NO3. The van der Waals surface area contributed by atoms with Crippen molar-refractivity contribution < 1.29 is 27.9 Å². The van der Waals surface area contributed by atoms with Gasteiger partial charge in [-0.3, -0.25) is 9.59 Å². The van der Waals surface area contributed by atoms with Crippen molar-refractivity contribution in [2.45, 2.75) is 18.7 Å². The molecule has 0 saturated heterocycles. The number of benzene rings is 2. The van der Waals surface area contributed by atoms with E-state index in [2.05, 4.69) is 0 Å². The van der Waals surface area contributed by atoms with Crippen LogP contribution >= 0.6 is 11.6 Å². The van der Waals surface area contributed by atoms with E-state index in [1.165, 1.54) is 12.1 Å². The van der Waals surface area contributed by atoms with E-state index in [9.17, 15) is 27.9 Å². The fourth-order valence-electron chi connectivity index (χ4n) is 1.89. The maximum absolute atomic E-state index is 12.7. The summed E-state index contributed by atoms with van der Waals surface area (Å²) < 4.78 is 38.2. The number of anilines is 1. The Bertz CT molecular complexity index is 805. The first-order valence-electron chi connectivity index (χ1n) is 7.04. The van der Waals surface area contributed by atoms with Crippen LogP contribution in [0.2, 0.25) is 5.02 Å². The maximum Gasteiger partial charge on any atom is 0.426 e. The Labute approximate surface area is 146 Å². The van der Waals surface area contributed by atoms with E-state index in [-0.39, 0.29) is 16.3 Å². The first kappa shape index (κ1) is 19.0. The van der Waals surface area contributed by atoms with Crippen LogP contribution in [0.15, 0.2) is 48.5 Å². The first-order chi connectivity index (χ1) is 11.5. The summed E-state index contributed by atoms with van der Waals surface area (Å²) in [4.78, 5) is 24.1. The topological polar surface area (TPSA) is 66.4 Å². The van der Waals surface area contributed by atoms with Crippen molar-refractivity contribution in [2.24, 2.45) is 0 Å². The van der Waals surface area contributed by atoms with Gasteiger partial charge in [0.15, 0.2) is 5.78 Å². The van der Waals surface area contributed by atoms with Crippen molar-refractivity contribution in [3.05, 3.63) is 64.7 Å². The smallest absolute Gasteiger partial charge is 0.373 e. The van der Waals surface area contributed by atoms with Gasteiger partial charge in [-0.15, -0.1) is 0 Å². The molecule has 25 heavy (non-hydrogen) atoms. The van der Waals surface area contributed by atoms with E-state index in [1.807, 2.05) is 5.32 Å². The third kappa shape index (κ3) is 4.00. The summed E-state index contributed by atoms with van der Waals surface area (Å²) in [6.45, 7) is 0.329. The molecule has 8 heteroatoms. The molecule has 4 nitrogen and oxygen atoms in total. The zero-order valence-corrected chi connectivity index (χ0v) is 13.7. The highest BCUT2D eigenvalue weighted by Crippen LogP contribution is 2.32. The lowest BCUT2D eigenvalue weighted by Crippen LogP contribution is -2.52. The van der Waals surface area contributed by atoms with Crippen LogP contribution in [0.3, 0.4) is 0 Å². The van der Waals surface area contributed by atoms with Crippen LogP contribution in [0.5, 0.6) is 0 Å². The van der Waals surface area contributed by atoms with Crippen LogP contribution in [0.25, 0.3) is 0 Å². The summed E-state index contributed by atoms with van der Waals surface area (Å²) >= 11 is 5.87. The molecule has 132 valence electrons. The lowest BCUT2D eigenvalue weighted by Gasteiger charge is -2.25. The van der Waals surface area contributed by atoms with E-state index >= 15 is 0 Å². The van der Waals surface area contributed by atoms with E-state index in [4.69, 9.17) is 11.6 Å². The Morgan fingerprint density at radius 1 is 1.04 bits per heavy atom. The minimum Gasteiger partial charge on any atom is -0.373 e. The van der Waals surface area contributed by atoms with Crippen LogP contribution in [0, 0.1) is 0 Å². The molecule has 0 aliphatic carbocycles. The summed E-state index contributed by atoms with van der Waals surface area (Å²) in [6.07, 6.45) is -5.17. The number of hydrogen-bond donors (Lipinski definition) is 2. The van der Waals surface area contributed by atoms with Crippen LogP contribution in [-0.4, -0.2) is 28.6 Å². The monoisotopic (exact) mass is 371 g/mol. The molecule has 1 amide bonds. The third-order valence-electron chi connectivity index (χ3n) is 3.51. The van der Waals surface area contributed by atoms with Gasteiger partial charge in [-0.25, -0.2) is 0 Å². The lowest BCUT2D eigenvalue weighted by atomic mass is 10.0. The zero-order valence-electron chi connectivity index (χ0n) is 12.9. The van der Waals surface area contributed by atoms with Crippen LogP contribution in [0.1, 0.15) is 22.8 Å². The molecule has 2 aromatic rings. The van der Waals surface area contributed by atoms with Crippen molar-refractivity contribution in [3.8, 4) is 0 Å². The van der Waals surface area contributed by atoms with Gasteiger partial charge in [0, 0.05) is 11.1 Å².